The predicted molar refractivity (Wildman–Crippen MR) is 400 cm³/mol. The van der Waals surface area contributed by atoms with Crippen LogP contribution in [-0.2, 0) is 97.3 Å². The Morgan fingerprint density at radius 1 is 0.694 bits per heavy atom. The Hall–Kier alpha value is -10.4. The van der Waals surface area contributed by atoms with Crippen molar-refractivity contribution in [2.24, 2.45) is 23.5 Å². The highest BCUT2D eigenvalue weighted by molar-refractivity contribution is 7.09. The molecule has 7 unspecified atom stereocenters. The maximum Gasteiger partial charge on any atom is 0.333 e. The fraction of sp³-hybridized carbons (Fsp3) is 0.589. The molecule has 0 spiro atoms. The van der Waals surface area contributed by atoms with Crippen molar-refractivity contribution in [2.75, 3.05) is 79.1 Å². The number of hydrogen-bond acceptors (Lipinski definition) is 25. The van der Waals surface area contributed by atoms with Crippen LogP contribution in [0.2, 0.25) is 0 Å². The molecule has 0 fully saturated rings. The number of nitrogens with zero attached hydrogens (tertiary/aromatic N) is 5. The first-order chi connectivity index (χ1) is 52.2. The van der Waals surface area contributed by atoms with Crippen molar-refractivity contribution in [3.63, 3.8) is 0 Å². The molecule has 3 aliphatic heterocycles. The van der Waals surface area contributed by atoms with Crippen molar-refractivity contribution in [2.45, 2.75) is 188 Å². The van der Waals surface area contributed by atoms with Gasteiger partial charge in [0, 0.05) is 107 Å². The molecule has 37 nitrogen and oxygen atoms in total. The molecule has 0 aliphatic carbocycles. The zero-order chi connectivity index (χ0) is 82.9. The Morgan fingerprint density at radius 2 is 1.21 bits per heavy atom. The van der Waals surface area contributed by atoms with Crippen molar-refractivity contribution >= 4 is 118 Å². The summed E-state index contributed by atoms with van der Waals surface area (Å²) in [5, 5.41) is 27.8. The highest BCUT2D eigenvalue weighted by atomic mass is 32.1. The first kappa shape index (κ1) is 91.2. The van der Waals surface area contributed by atoms with Gasteiger partial charge in [-0.25, -0.2) is 9.78 Å². The number of esters is 2. The molecule has 1 aromatic heterocycles. The van der Waals surface area contributed by atoms with Gasteiger partial charge in [-0.2, -0.15) is 0 Å². The molecule has 0 bridgehead atoms. The van der Waals surface area contributed by atoms with E-state index in [-0.39, 0.29) is 130 Å². The second kappa shape index (κ2) is 42.7. The van der Waals surface area contributed by atoms with E-state index in [9.17, 15) is 81.5 Å². The molecular formula is C73H106N16O21S. The molecule has 2 aromatic rings. The molecule has 15 amide bonds. The van der Waals surface area contributed by atoms with Gasteiger partial charge >= 0.3 is 11.9 Å². The number of fused-ring (bicyclic) bond motifs is 1. The number of imide groups is 2. The molecule has 111 heavy (non-hydrogen) atoms. The van der Waals surface area contributed by atoms with Crippen LogP contribution in [-0.4, -0.2) is 259 Å². The second-order valence-corrected chi connectivity index (χ2v) is 29.2. The predicted octanol–water partition coefficient (Wildman–Crippen LogP) is -1.56. The van der Waals surface area contributed by atoms with Crippen LogP contribution in [0.15, 0.2) is 47.9 Å². The molecule has 4 heterocycles. The van der Waals surface area contributed by atoms with Crippen LogP contribution in [0.25, 0.3) is 0 Å². The van der Waals surface area contributed by atoms with Crippen LogP contribution < -0.4 is 63.6 Å². The highest BCUT2D eigenvalue weighted by Crippen LogP contribution is 2.33. The summed E-state index contributed by atoms with van der Waals surface area (Å²) in [6.07, 6.45) is 2.04. The minimum absolute atomic E-state index is 0.00745. The van der Waals surface area contributed by atoms with Gasteiger partial charge in [-0.1, -0.05) is 47.1 Å². The van der Waals surface area contributed by atoms with Gasteiger partial charge in [-0.05, 0) is 98.0 Å². The summed E-state index contributed by atoms with van der Waals surface area (Å²) < 4.78 is 22.7. The third kappa shape index (κ3) is 26.4. The fourth-order valence-electron chi connectivity index (χ4n) is 11.6. The number of benzene rings is 1. The van der Waals surface area contributed by atoms with E-state index in [1.807, 2.05) is 27.7 Å². The van der Waals surface area contributed by atoms with Gasteiger partial charge in [0.2, 0.25) is 59.1 Å². The maximum atomic E-state index is 14.5. The maximum absolute atomic E-state index is 14.5. The van der Waals surface area contributed by atoms with Crippen molar-refractivity contribution in [3.05, 3.63) is 64.1 Å². The smallest absolute Gasteiger partial charge is 0.333 e. The first-order valence-electron chi connectivity index (χ1n) is 36.6. The van der Waals surface area contributed by atoms with E-state index in [1.165, 1.54) is 58.2 Å². The van der Waals surface area contributed by atoms with E-state index in [4.69, 9.17) is 24.7 Å². The van der Waals surface area contributed by atoms with E-state index in [0.29, 0.717) is 21.8 Å². The van der Waals surface area contributed by atoms with E-state index < -0.39 is 161 Å². The molecule has 12 atom stereocenters. The summed E-state index contributed by atoms with van der Waals surface area (Å²) in [7, 11) is 5.15. The lowest BCUT2D eigenvalue weighted by Gasteiger charge is -2.38. The second-order valence-electron chi connectivity index (χ2n) is 28.3. The van der Waals surface area contributed by atoms with Crippen molar-refractivity contribution < 1.29 is 100 Å². The summed E-state index contributed by atoms with van der Waals surface area (Å²) in [4.78, 5) is 239. The van der Waals surface area contributed by atoms with Gasteiger partial charge in [0.25, 0.3) is 29.5 Å². The van der Waals surface area contributed by atoms with E-state index >= 15 is 0 Å². The molecule has 610 valence electrons. The van der Waals surface area contributed by atoms with E-state index in [1.54, 1.807) is 51.7 Å². The van der Waals surface area contributed by atoms with Gasteiger partial charge in [0.05, 0.1) is 37.7 Å². The van der Waals surface area contributed by atoms with Crippen LogP contribution in [0.1, 0.15) is 142 Å². The van der Waals surface area contributed by atoms with Crippen LogP contribution >= 0.6 is 11.3 Å². The van der Waals surface area contributed by atoms with Crippen LogP contribution in [0, 0.1) is 17.8 Å². The number of ether oxygens (including phenoxy) is 4. The Morgan fingerprint density at radius 3 is 1.69 bits per heavy atom. The number of carbonyl (C=O) groups is 17. The summed E-state index contributed by atoms with van der Waals surface area (Å²) in [6, 6.07) is -7.80. The van der Waals surface area contributed by atoms with Gasteiger partial charge < -0.3 is 82.7 Å². The molecule has 0 saturated heterocycles. The summed E-state index contributed by atoms with van der Waals surface area (Å²) in [6.45, 7) is 17.5. The largest absolute Gasteiger partial charge is 0.455 e. The van der Waals surface area contributed by atoms with Gasteiger partial charge in [-0.15, -0.1) is 11.3 Å². The average molecular weight is 1580 g/mol. The summed E-state index contributed by atoms with van der Waals surface area (Å²) in [5.41, 5.74) is 4.85. The van der Waals surface area contributed by atoms with Gasteiger partial charge in [-0.3, -0.25) is 91.4 Å². The lowest BCUT2D eigenvalue weighted by molar-refractivity contribution is -0.156. The highest BCUT2D eigenvalue weighted by Gasteiger charge is 2.51. The Labute approximate surface area is 647 Å². The van der Waals surface area contributed by atoms with Gasteiger partial charge in [0.1, 0.15) is 53.0 Å². The first-order valence-corrected chi connectivity index (χ1v) is 37.4. The molecular weight excluding hydrogens is 1470 g/mol. The Balaban J connectivity index is 1.42. The Kier molecular flexibility index (Phi) is 35.0. The molecule has 0 radical (unpaired) electrons. The number of rotatable bonds is 23. The minimum Gasteiger partial charge on any atom is -0.455 e. The monoisotopic (exact) mass is 1570 g/mol. The molecule has 12 N–H and O–H groups in total. The lowest BCUT2D eigenvalue weighted by Crippen LogP contribution is -2.66. The number of hydrogen-bond donors (Lipinski definition) is 11. The number of amides is 15. The lowest BCUT2D eigenvalue weighted by atomic mass is 9.92. The number of carbonyl (C=O) groups excluding carboxylic acids is 17. The topological polar surface area (TPSA) is 499 Å². The molecule has 3 aliphatic rings. The van der Waals surface area contributed by atoms with Crippen LogP contribution in [0.3, 0.4) is 0 Å². The molecule has 38 heteroatoms. The normalized spacial score (nSPS) is 22.0. The number of thiazole rings is 1. The SMILES string of the molecule is CC[C@H](C)[C@H](NC(=O)C(C)(C)N(C)C)C(=O)N(C)[C@H](C[C@@H](OC(C)=O)c1nc(C(=O)N[C@@H](Cc2ccc3c(c2)NC(=O)C(C)NC(=O)C(C)NC(=O)CCOCCNC(=O)C(N2C(=O)C=CC2=O)C(N2C(=O)C=CC2=O)C(=O)NCCOCCC(=O)NC(C)C(=O)NC(C)C(=O)O3)CC(C)C(=O)NCCN)cs1)C(C)C. The molecule has 1 aromatic carbocycles. The number of anilines is 1. The van der Waals surface area contributed by atoms with Crippen LogP contribution in [0.5, 0.6) is 5.75 Å². The average Bonchev–Trinajstić information content (AvgIpc) is 1.67. The van der Waals surface area contributed by atoms with Crippen LogP contribution in [0.4, 0.5) is 5.69 Å². The third-order valence-corrected chi connectivity index (χ3v) is 19.8. The van der Waals surface area contributed by atoms with Gasteiger partial charge in [0.15, 0.2) is 11.9 Å². The fourth-order valence-corrected chi connectivity index (χ4v) is 12.4. The molecule has 5 rings (SSSR count). The van der Waals surface area contributed by atoms with E-state index in [0.717, 1.165) is 35.6 Å². The van der Waals surface area contributed by atoms with Crippen molar-refractivity contribution in [1.82, 2.24) is 72.4 Å². The van der Waals surface area contributed by atoms with E-state index in [2.05, 4.69) is 58.2 Å². The number of aromatic nitrogens is 1. The summed E-state index contributed by atoms with van der Waals surface area (Å²) >= 11 is 1.03. The third-order valence-electron chi connectivity index (χ3n) is 18.8. The van der Waals surface area contributed by atoms with Crippen molar-refractivity contribution in [1.29, 1.82) is 0 Å². The number of likely N-dealkylation sites (N-methyl/N-ethyl adjacent to an activating group) is 2. The zero-order valence-corrected chi connectivity index (χ0v) is 66.1. The Bertz CT molecular complexity index is 3810. The number of nitrogens with one attached hydrogen (secondary N) is 10. The summed E-state index contributed by atoms with van der Waals surface area (Å²) in [5.74, 6) is -15.6. The zero-order valence-electron chi connectivity index (χ0n) is 65.3. The quantitative estimate of drug-likeness (QED) is 0.0341. The van der Waals surface area contributed by atoms with Crippen molar-refractivity contribution in [3.8, 4) is 5.75 Å². The minimum atomic E-state index is -2.13. The number of nitrogens with two attached hydrogens (primary N) is 1. The standard InChI is InChI=1S/C73H106N16O21S/c1-16-39(4)59(85-72(106)73(11,12)86(13)14)70(104)87(15)50(38(2)3)36-52(109-45(10)90)69-84-49(37-111-69)66(101)82-47(33-40(5)62(97)75-26-25-74)34-46-17-18-51-48(35-46)83-65(100)43(8)80-63(98)41(6)78-53(91)23-29-107-31-27-76-67(102)60(88-55(93)19-20-56(88)94)61(89-57(95)21-22-58(89)96)68(103)77-28-32-108-30-24-54(92)79-42(7)64(99)81-44(9)71(105)110-51/h17-22,35,37-44,47,50,52,59-61H,16,23-34,36,74H2,1-15H3,(H,75,97)(H,76,102)(H,77,103)(H,78,91)(H,79,92)(H,80,98)(H,81,99)(H,82,101)(H,83,100)(H,85,106)/t39-,40?,41?,42?,43?,44?,47+,50+,52+,59-,60?,61?/m0/s1. The molecule has 0 saturated carbocycles.